The van der Waals surface area contributed by atoms with E-state index in [4.69, 9.17) is 5.26 Å². The first-order valence-corrected chi connectivity index (χ1v) is 6.20. The van der Waals surface area contributed by atoms with Crippen LogP contribution in [0.15, 0.2) is 28.7 Å². The quantitative estimate of drug-likeness (QED) is 0.794. The molecule has 0 aromatic heterocycles. The van der Waals surface area contributed by atoms with Crippen molar-refractivity contribution in [3.8, 4) is 6.07 Å². The lowest BCUT2D eigenvalue weighted by molar-refractivity contribution is -0.114. The van der Waals surface area contributed by atoms with Gasteiger partial charge in [0.2, 0.25) is 0 Å². The Morgan fingerprint density at radius 3 is 2.79 bits per heavy atom. The summed E-state index contributed by atoms with van der Waals surface area (Å²) in [7, 11) is 0. The number of hydrogen-bond acceptors (Lipinski definition) is 3. The lowest BCUT2D eigenvalue weighted by Crippen LogP contribution is -2.00. The van der Waals surface area contributed by atoms with Crippen LogP contribution < -0.4 is 0 Å². The number of benzene rings is 1. The van der Waals surface area contributed by atoms with Gasteiger partial charge >= 0.3 is 5.51 Å². The van der Waals surface area contributed by atoms with Crippen LogP contribution in [0.2, 0.25) is 0 Å². The number of rotatable bonds is 3. The highest BCUT2D eigenvalue weighted by atomic mass is 32.2. The Morgan fingerprint density at radius 1 is 1.42 bits per heavy atom. The molecule has 0 fully saturated rings. The Kier molecular flexibility index (Phi) is 3.67. The zero-order valence-corrected chi connectivity index (χ0v) is 10.4. The van der Waals surface area contributed by atoms with Crippen molar-refractivity contribution in [3.05, 3.63) is 34.9 Å². The van der Waals surface area contributed by atoms with Crippen LogP contribution in [0, 0.1) is 11.3 Å². The maximum Gasteiger partial charge on any atom is 0.446 e. The van der Waals surface area contributed by atoms with Crippen LogP contribution >= 0.6 is 11.8 Å². The molecular weight excluding hydrogens is 275 g/mol. The van der Waals surface area contributed by atoms with Crippen molar-refractivity contribution in [1.82, 2.24) is 0 Å². The molecule has 98 valence electrons. The highest BCUT2D eigenvalue weighted by molar-refractivity contribution is 8.00. The molecule has 1 aliphatic carbocycles. The van der Waals surface area contributed by atoms with Crippen LogP contribution in [0.3, 0.4) is 0 Å². The van der Waals surface area contributed by atoms with Crippen molar-refractivity contribution in [2.75, 3.05) is 0 Å². The molecule has 0 saturated heterocycles. The Labute approximate surface area is 111 Å². The summed E-state index contributed by atoms with van der Waals surface area (Å²) in [6.07, 6.45) is 1.74. The summed E-state index contributed by atoms with van der Waals surface area (Å²) in [4.78, 5) is 11.6. The van der Waals surface area contributed by atoms with Gasteiger partial charge in [-0.1, -0.05) is 6.07 Å². The number of thioether (sulfide) groups is 1. The van der Waals surface area contributed by atoms with Gasteiger partial charge in [-0.25, -0.2) is 0 Å². The van der Waals surface area contributed by atoms with Crippen LogP contribution in [0.5, 0.6) is 0 Å². The van der Waals surface area contributed by atoms with Gasteiger partial charge in [0.25, 0.3) is 0 Å². The number of carbonyl (C=O) groups excluding carboxylic acids is 1. The van der Waals surface area contributed by atoms with E-state index in [1.54, 1.807) is 18.2 Å². The van der Waals surface area contributed by atoms with Gasteiger partial charge in [-0.05, 0) is 41.1 Å². The largest absolute Gasteiger partial charge is 0.446 e. The topological polar surface area (TPSA) is 40.9 Å². The first kappa shape index (κ1) is 13.7. The summed E-state index contributed by atoms with van der Waals surface area (Å²) in [5, 5.41) is 8.46. The molecule has 0 unspecified atom stereocenters. The highest BCUT2D eigenvalue weighted by Gasteiger charge is 2.29. The third kappa shape index (κ3) is 3.38. The number of hydrogen-bond donors (Lipinski definition) is 0. The minimum atomic E-state index is -4.32. The van der Waals surface area contributed by atoms with Crippen LogP contribution in [-0.2, 0) is 11.2 Å². The van der Waals surface area contributed by atoms with Crippen LogP contribution in [0.25, 0.3) is 6.08 Å². The smallest absolute Gasteiger partial charge is 0.293 e. The molecule has 0 atom stereocenters. The number of nitrogens with zero attached hydrogens (tertiary/aromatic N) is 1. The summed E-state index contributed by atoms with van der Waals surface area (Å²) in [5.41, 5.74) is -2.41. The van der Waals surface area contributed by atoms with Crippen LogP contribution in [0.4, 0.5) is 13.2 Å². The molecule has 0 amide bonds. The van der Waals surface area contributed by atoms with Gasteiger partial charge in [0.1, 0.15) is 0 Å². The Hall–Kier alpha value is -1.74. The number of halogens is 3. The molecule has 2 rings (SSSR count). The SMILES string of the molecule is N#CCC(=O)C1=Cc2cc(SC(F)(F)F)ccc2C1. The van der Waals surface area contributed by atoms with Gasteiger partial charge in [0.05, 0.1) is 12.5 Å². The summed E-state index contributed by atoms with van der Waals surface area (Å²) < 4.78 is 36.8. The van der Waals surface area contributed by atoms with E-state index < -0.39 is 5.51 Å². The molecule has 0 spiro atoms. The fourth-order valence-electron chi connectivity index (χ4n) is 1.87. The van der Waals surface area contributed by atoms with Crippen molar-refractivity contribution >= 4 is 23.6 Å². The first-order valence-electron chi connectivity index (χ1n) is 5.38. The van der Waals surface area contributed by atoms with E-state index in [-0.39, 0.29) is 28.9 Å². The fraction of sp³-hybridized carbons (Fsp3) is 0.231. The molecule has 0 N–H and O–H groups in total. The van der Waals surface area contributed by atoms with E-state index in [2.05, 4.69) is 0 Å². The number of carbonyl (C=O) groups is 1. The monoisotopic (exact) mass is 283 g/mol. The molecule has 0 radical (unpaired) electrons. The lowest BCUT2D eigenvalue weighted by atomic mass is 10.1. The molecule has 0 bridgehead atoms. The maximum absolute atomic E-state index is 12.3. The van der Waals surface area contributed by atoms with E-state index in [9.17, 15) is 18.0 Å². The van der Waals surface area contributed by atoms with Gasteiger partial charge in [-0.3, -0.25) is 4.79 Å². The van der Waals surface area contributed by atoms with E-state index in [0.29, 0.717) is 17.6 Å². The normalized spacial score (nSPS) is 13.7. The minimum Gasteiger partial charge on any atom is -0.293 e. The zero-order valence-electron chi connectivity index (χ0n) is 9.62. The summed E-state index contributed by atoms with van der Waals surface area (Å²) in [6, 6.07) is 6.17. The van der Waals surface area contributed by atoms with Gasteiger partial charge in [0.15, 0.2) is 5.78 Å². The molecule has 6 heteroatoms. The number of Topliss-reactive ketones (excluding diaryl/α,β-unsaturated/α-hetero) is 1. The van der Waals surface area contributed by atoms with Crippen molar-refractivity contribution in [2.45, 2.75) is 23.2 Å². The molecule has 1 aliphatic rings. The number of nitriles is 1. The zero-order chi connectivity index (χ0) is 14.0. The average Bonchev–Trinajstić information content (AvgIpc) is 2.70. The Balaban J connectivity index is 2.22. The Morgan fingerprint density at radius 2 is 2.16 bits per heavy atom. The molecule has 1 aromatic rings. The first-order chi connectivity index (χ1) is 8.89. The molecule has 0 aliphatic heterocycles. The van der Waals surface area contributed by atoms with Gasteiger partial charge in [-0.2, -0.15) is 18.4 Å². The maximum atomic E-state index is 12.3. The molecule has 19 heavy (non-hydrogen) atoms. The van der Waals surface area contributed by atoms with Gasteiger partial charge in [0, 0.05) is 16.9 Å². The minimum absolute atomic E-state index is 0.0940. The second-order valence-corrected chi connectivity index (χ2v) is 5.15. The summed E-state index contributed by atoms with van der Waals surface area (Å²) in [6.45, 7) is 0. The highest BCUT2D eigenvalue weighted by Crippen LogP contribution is 2.39. The van der Waals surface area contributed by atoms with Gasteiger partial charge in [-0.15, -0.1) is 0 Å². The third-order valence-corrected chi connectivity index (χ3v) is 3.38. The molecule has 1 aromatic carbocycles. The molecule has 0 heterocycles. The number of alkyl halides is 3. The van der Waals surface area contributed by atoms with E-state index in [1.165, 1.54) is 12.1 Å². The van der Waals surface area contributed by atoms with E-state index in [0.717, 1.165) is 5.56 Å². The second-order valence-electron chi connectivity index (χ2n) is 4.01. The standard InChI is InChI=1S/C13H8F3NOS/c14-13(15,16)19-11-2-1-8-5-10(6-9(8)7-11)12(18)3-4-17/h1-2,6-7H,3,5H2. The predicted molar refractivity (Wildman–Crippen MR) is 65.3 cm³/mol. The lowest BCUT2D eigenvalue weighted by Gasteiger charge is -2.06. The van der Waals surface area contributed by atoms with Crippen molar-refractivity contribution in [1.29, 1.82) is 5.26 Å². The second kappa shape index (κ2) is 5.10. The van der Waals surface area contributed by atoms with E-state index in [1.807, 2.05) is 0 Å². The van der Waals surface area contributed by atoms with Gasteiger partial charge < -0.3 is 0 Å². The predicted octanol–water partition coefficient (Wildman–Crippen LogP) is 3.72. The summed E-state index contributed by atoms with van der Waals surface area (Å²) >= 11 is -0.180. The van der Waals surface area contributed by atoms with Crippen molar-refractivity contribution in [2.24, 2.45) is 0 Å². The average molecular weight is 283 g/mol. The fourth-order valence-corrected chi connectivity index (χ4v) is 2.46. The number of fused-ring (bicyclic) bond motifs is 1. The van der Waals surface area contributed by atoms with Crippen molar-refractivity contribution < 1.29 is 18.0 Å². The molecular formula is C13H8F3NOS. The Bertz CT molecular complexity index is 599. The van der Waals surface area contributed by atoms with Crippen LogP contribution in [-0.4, -0.2) is 11.3 Å². The number of allylic oxidation sites excluding steroid dienone is 1. The number of ketones is 1. The van der Waals surface area contributed by atoms with Crippen molar-refractivity contribution in [3.63, 3.8) is 0 Å². The van der Waals surface area contributed by atoms with Crippen LogP contribution in [0.1, 0.15) is 17.5 Å². The third-order valence-electron chi connectivity index (χ3n) is 2.66. The summed E-state index contributed by atoms with van der Waals surface area (Å²) in [5.74, 6) is -0.274. The van der Waals surface area contributed by atoms with E-state index >= 15 is 0 Å². The molecule has 2 nitrogen and oxygen atoms in total. The molecule has 0 saturated carbocycles.